The molecule has 4 rings (SSSR count). The third-order valence-corrected chi connectivity index (χ3v) is 6.95. The molecule has 0 amide bonds. The minimum absolute atomic E-state index is 0.0935. The van der Waals surface area contributed by atoms with Crippen molar-refractivity contribution in [3.05, 3.63) is 54.4 Å². The Morgan fingerprint density at radius 3 is 2.81 bits per heavy atom. The highest BCUT2D eigenvalue weighted by molar-refractivity contribution is 7.89. The maximum atomic E-state index is 13.1. The Balaban J connectivity index is 1.58. The van der Waals surface area contributed by atoms with Gasteiger partial charge in [0.2, 0.25) is 10.0 Å². The first-order valence-electron chi connectivity index (χ1n) is 9.16. The molecule has 7 heteroatoms. The average molecular weight is 385 g/mol. The van der Waals surface area contributed by atoms with E-state index in [1.165, 1.54) is 0 Å². The molecule has 0 aliphatic carbocycles. The van der Waals surface area contributed by atoms with Crippen LogP contribution in [-0.2, 0) is 10.0 Å². The van der Waals surface area contributed by atoms with E-state index >= 15 is 0 Å². The average Bonchev–Trinajstić information content (AvgIpc) is 3.30. The highest BCUT2D eigenvalue weighted by atomic mass is 32.2. The van der Waals surface area contributed by atoms with Gasteiger partial charge in [0.05, 0.1) is 34.9 Å². The van der Waals surface area contributed by atoms with Gasteiger partial charge in [-0.05, 0) is 56.2 Å². The van der Waals surface area contributed by atoms with E-state index in [1.807, 2.05) is 44.4 Å². The third-order valence-electron chi connectivity index (χ3n) is 5.08. The van der Waals surface area contributed by atoms with Gasteiger partial charge in [0.15, 0.2) is 0 Å². The first kappa shape index (κ1) is 18.0. The SMILES string of the molecule is CCOc1ccc(S(=O)(=O)N2CCC(n3cnc4ccccc43)C2)cc1C. The maximum Gasteiger partial charge on any atom is 0.243 e. The van der Waals surface area contributed by atoms with Crippen LogP contribution in [0.5, 0.6) is 5.75 Å². The molecule has 1 aromatic heterocycles. The quantitative estimate of drug-likeness (QED) is 0.675. The van der Waals surface area contributed by atoms with Gasteiger partial charge in [0.1, 0.15) is 5.75 Å². The second-order valence-corrected chi connectivity index (χ2v) is 8.74. The molecule has 1 aliphatic rings. The van der Waals surface area contributed by atoms with Gasteiger partial charge < -0.3 is 9.30 Å². The van der Waals surface area contributed by atoms with Crippen LogP contribution in [0.3, 0.4) is 0 Å². The zero-order valence-electron chi connectivity index (χ0n) is 15.5. The Kier molecular flexibility index (Phi) is 4.65. The van der Waals surface area contributed by atoms with Crippen molar-refractivity contribution in [3.63, 3.8) is 0 Å². The Bertz CT molecular complexity index is 1080. The number of benzene rings is 2. The van der Waals surface area contributed by atoms with Crippen molar-refractivity contribution in [2.24, 2.45) is 0 Å². The van der Waals surface area contributed by atoms with Crippen LogP contribution in [0.15, 0.2) is 53.7 Å². The molecular weight excluding hydrogens is 362 g/mol. The predicted molar refractivity (Wildman–Crippen MR) is 104 cm³/mol. The number of hydrogen-bond acceptors (Lipinski definition) is 4. The van der Waals surface area contributed by atoms with Gasteiger partial charge in [-0.3, -0.25) is 0 Å². The van der Waals surface area contributed by atoms with E-state index in [4.69, 9.17) is 4.74 Å². The predicted octanol–water partition coefficient (Wildman–Crippen LogP) is 3.38. The van der Waals surface area contributed by atoms with E-state index in [9.17, 15) is 8.42 Å². The van der Waals surface area contributed by atoms with Crippen molar-refractivity contribution in [2.75, 3.05) is 19.7 Å². The number of aromatic nitrogens is 2. The van der Waals surface area contributed by atoms with Crippen LogP contribution in [0.4, 0.5) is 0 Å². The molecule has 0 N–H and O–H groups in total. The number of nitrogens with zero attached hydrogens (tertiary/aromatic N) is 3. The van der Waals surface area contributed by atoms with Crippen molar-refractivity contribution in [1.82, 2.24) is 13.9 Å². The number of hydrogen-bond donors (Lipinski definition) is 0. The monoisotopic (exact) mass is 385 g/mol. The molecule has 1 saturated heterocycles. The largest absolute Gasteiger partial charge is 0.494 e. The highest BCUT2D eigenvalue weighted by Crippen LogP contribution is 2.31. The van der Waals surface area contributed by atoms with Crippen molar-refractivity contribution in [3.8, 4) is 5.75 Å². The summed E-state index contributed by atoms with van der Waals surface area (Å²) in [6, 6.07) is 13.1. The van der Waals surface area contributed by atoms with E-state index in [0.717, 1.165) is 28.8 Å². The number of fused-ring (bicyclic) bond motifs is 1. The molecule has 3 aromatic rings. The lowest BCUT2D eigenvalue weighted by molar-refractivity contribution is 0.337. The minimum atomic E-state index is -3.53. The first-order valence-corrected chi connectivity index (χ1v) is 10.6. The third kappa shape index (κ3) is 3.21. The summed E-state index contributed by atoms with van der Waals surface area (Å²) in [6.07, 6.45) is 2.59. The molecular formula is C20H23N3O3S. The molecule has 142 valence electrons. The first-order chi connectivity index (χ1) is 13.0. The summed E-state index contributed by atoms with van der Waals surface area (Å²) in [5.41, 5.74) is 2.80. The summed E-state index contributed by atoms with van der Waals surface area (Å²) in [5.74, 6) is 0.723. The fourth-order valence-corrected chi connectivity index (χ4v) is 5.25. The Hall–Kier alpha value is -2.38. The second-order valence-electron chi connectivity index (χ2n) is 6.81. The maximum absolute atomic E-state index is 13.1. The van der Waals surface area contributed by atoms with Crippen LogP contribution < -0.4 is 4.74 Å². The van der Waals surface area contributed by atoms with Gasteiger partial charge in [-0.15, -0.1) is 0 Å². The zero-order chi connectivity index (χ0) is 19.0. The van der Waals surface area contributed by atoms with Crippen LogP contribution >= 0.6 is 0 Å². The molecule has 0 saturated carbocycles. The molecule has 2 heterocycles. The molecule has 2 aromatic carbocycles. The molecule has 1 unspecified atom stereocenters. The smallest absolute Gasteiger partial charge is 0.243 e. The van der Waals surface area contributed by atoms with Gasteiger partial charge in [-0.2, -0.15) is 4.31 Å². The van der Waals surface area contributed by atoms with Crippen LogP contribution in [0, 0.1) is 6.92 Å². The lowest BCUT2D eigenvalue weighted by atomic mass is 10.2. The summed E-state index contributed by atoms with van der Waals surface area (Å²) < 4.78 is 35.4. The van der Waals surface area contributed by atoms with E-state index in [2.05, 4.69) is 9.55 Å². The number of sulfonamides is 1. The number of imidazole rings is 1. The lowest BCUT2D eigenvalue weighted by Crippen LogP contribution is -2.29. The van der Waals surface area contributed by atoms with E-state index < -0.39 is 10.0 Å². The molecule has 1 aliphatic heterocycles. The van der Waals surface area contributed by atoms with Crippen LogP contribution in [0.1, 0.15) is 24.9 Å². The zero-order valence-corrected chi connectivity index (χ0v) is 16.3. The van der Waals surface area contributed by atoms with Gasteiger partial charge >= 0.3 is 0 Å². The lowest BCUT2D eigenvalue weighted by Gasteiger charge is -2.18. The van der Waals surface area contributed by atoms with Crippen molar-refractivity contribution < 1.29 is 13.2 Å². The summed E-state index contributed by atoms with van der Waals surface area (Å²) >= 11 is 0. The number of para-hydroxylation sites is 2. The molecule has 27 heavy (non-hydrogen) atoms. The summed E-state index contributed by atoms with van der Waals surface area (Å²) in [4.78, 5) is 4.75. The minimum Gasteiger partial charge on any atom is -0.494 e. The summed E-state index contributed by atoms with van der Waals surface area (Å²) in [6.45, 7) is 5.29. The molecule has 1 atom stereocenters. The molecule has 0 radical (unpaired) electrons. The fraction of sp³-hybridized carbons (Fsp3) is 0.350. The van der Waals surface area contributed by atoms with E-state index in [0.29, 0.717) is 24.6 Å². The van der Waals surface area contributed by atoms with Crippen molar-refractivity contribution >= 4 is 21.1 Å². The van der Waals surface area contributed by atoms with Crippen LogP contribution in [0.2, 0.25) is 0 Å². The Labute approximate surface area is 159 Å². The van der Waals surface area contributed by atoms with Gasteiger partial charge in [0, 0.05) is 13.1 Å². The number of rotatable bonds is 5. The molecule has 6 nitrogen and oxygen atoms in total. The highest BCUT2D eigenvalue weighted by Gasteiger charge is 2.34. The fourth-order valence-electron chi connectivity index (χ4n) is 3.67. The van der Waals surface area contributed by atoms with Crippen LogP contribution in [-0.4, -0.2) is 42.0 Å². The molecule has 0 bridgehead atoms. The van der Waals surface area contributed by atoms with E-state index in [-0.39, 0.29) is 6.04 Å². The molecule has 0 spiro atoms. The number of ether oxygens (including phenoxy) is 1. The van der Waals surface area contributed by atoms with Crippen molar-refractivity contribution in [2.45, 2.75) is 31.2 Å². The van der Waals surface area contributed by atoms with Gasteiger partial charge in [-0.1, -0.05) is 12.1 Å². The Morgan fingerprint density at radius 1 is 1.22 bits per heavy atom. The van der Waals surface area contributed by atoms with Crippen molar-refractivity contribution in [1.29, 1.82) is 0 Å². The Morgan fingerprint density at radius 2 is 2.04 bits per heavy atom. The van der Waals surface area contributed by atoms with Gasteiger partial charge in [-0.25, -0.2) is 13.4 Å². The van der Waals surface area contributed by atoms with Crippen LogP contribution in [0.25, 0.3) is 11.0 Å². The number of aryl methyl sites for hydroxylation is 1. The standard InChI is InChI=1S/C20H23N3O3S/c1-3-26-20-9-8-17(12-15(20)2)27(24,25)22-11-10-16(13-22)23-14-21-18-6-4-5-7-19(18)23/h4-9,12,14,16H,3,10-11,13H2,1-2H3. The normalized spacial score (nSPS) is 18.2. The van der Waals surface area contributed by atoms with Gasteiger partial charge in [0.25, 0.3) is 0 Å². The van der Waals surface area contributed by atoms with E-state index in [1.54, 1.807) is 22.5 Å². The second kappa shape index (κ2) is 6.98. The molecule has 1 fully saturated rings. The summed E-state index contributed by atoms with van der Waals surface area (Å²) in [7, 11) is -3.53. The topological polar surface area (TPSA) is 64.4 Å². The summed E-state index contributed by atoms with van der Waals surface area (Å²) in [5, 5.41) is 0.